The molecule has 1 unspecified atom stereocenters. The number of rotatable bonds is 6. The van der Waals surface area contributed by atoms with Gasteiger partial charge in [0.1, 0.15) is 0 Å². The molecule has 150 valence electrons. The molecule has 0 nitrogen and oxygen atoms in total. The van der Waals surface area contributed by atoms with Crippen molar-refractivity contribution in [2.45, 2.75) is 122 Å². The van der Waals surface area contributed by atoms with Gasteiger partial charge in [-0.25, -0.2) is 0 Å². The Morgan fingerprint density at radius 1 is 0.750 bits per heavy atom. The van der Waals surface area contributed by atoms with Crippen molar-refractivity contribution in [2.75, 3.05) is 0 Å². The molecule has 0 heteroatoms. The molecule has 0 radical (unpaired) electrons. The molecular weight excluding hydrogens is 288 g/mol. The van der Waals surface area contributed by atoms with Crippen LogP contribution in [-0.2, 0) is 0 Å². The van der Waals surface area contributed by atoms with E-state index in [1.54, 1.807) is 0 Å². The number of hydrogen-bond donors (Lipinski definition) is 0. The van der Waals surface area contributed by atoms with E-state index in [0.717, 1.165) is 35.5 Å². The summed E-state index contributed by atoms with van der Waals surface area (Å²) in [5, 5.41) is 0. The molecule has 1 atom stereocenters. The fourth-order valence-corrected chi connectivity index (χ4v) is 2.83. The second-order valence-corrected chi connectivity index (χ2v) is 8.72. The lowest BCUT2D eigenvalue weighted by atomic mass is 9.71. The molecule has 1 aliphatic rings. The van der Waals surface area contributed by atoms with Crippen LogP contribution in [0.5, 0.6) is 0 Å². The molecule has 0 aromatic rings. The zero-order chi connectivity index (χ0) is 19.7. The van der Waals surface area contributed by atoms with Gasteiger partial charge in [-0.15, -0.1) is 0 Å². The Labute approximate surface area is 157 Å². The smallest absolute Gasteiger partial charge is 0.0407 e. The lowest BCUT2D eigenvalue weighted by Crippen LogP contribution is -2.23. The topological polar surface area (TPSA) is 0 Å². The molecule has 0 N–H and O–H groups in total. The zero-order valence-electron chi connectivity index (χ0n) is 19.7. The van der Waals surface area contributed by atoms with Gasteiger partial charge in [0.05, 0.1) is 0 Å². The quantitative estimate of drug-likeness (QED) is 0.451. The molecule has 0 amide bonds. The molecule has 0 saturated heterocycles. The molecule has 0 bridgehead atoms. The minimum absolute atomic E-state index is 0.833. The Balaban J connectivity index is -0.000000293. The molecule has 0 aliphatic heterocycles. The summed E-state index contributed by atoms with van der Waals surface area (Å²) in [5.74, 6) is 5.75. The van der Waals surface area contributed by atoms with Gasteiger partial charge in [-0.3, -0.25) is 0 Å². The van der Waals surface area contributed by atoms with Crippen LogP contribution in [0.15, 0.2) is 0 Å². The normalized spacial score (nSPS) is 20.1. The van der Waals surface area contributed by atoms with Gasteiger partial charge in [0.2, 0.25) is 0 Å². The van der Waals surface area contributed by atoms with E-state index in [-0.39, 0.29) is 0 Å². The highest BCUT2D eigenvalue weighted by Gasteiger charge is 2.26. The molecule has 0 spiro atoms. The van der Waals surface area contributed by atoms with Gasteiger partial charge in [-0.1, -0.05) is 102 Å². The first kappa shape index (κ1) is 28.8. The summed E-state index contributed by atoms with van der Waals surface area (Å²) >= 11 is 0. The summed E-state index contributed by atoms with van der Waals surface area (Å²) in [7, 11) is 0. The van der Waals surface area contributed by atoms with Gasteiger partial charge < -0.3 is 0 Å². The molecule has 24 heavy (non-hydrogen) atoms. The van der Waals surface area contributed by atoms with Gasteiger partial charge in [0, 0.05) is 0 Å². The second kappa shape index (κ2) is 19.3. The van der Waals surface area contributed by atoms with Crippen LogP contribution in [0.1, 0.15) is 122 Å². The Kier molecular flexibility index (Phi) is 23.2. The van der Waals surface area contributed by atoms with E-state index in [0.29, 0.717) is 0 Å². The molecular formula is C24H54. The molecule has 1 aliphatic carbocycles. The van der Waals surface area contributed by atoms with Crippen LogP contribution in [-0.4, -0.2) is 0 Å². The molecule has 0 aromatic carbocycles. The van der Waals surface area contributed by atoms with Crippen molar-refractivity contribution in [1.82, 2.24) is 0 Å². The first-order valence-electron chi connectivity index (χ1n) is 11.2. The van der Waals surface area contributed by atoms with Crippen LogP contribution < -0.4 is 0 Å². The third-order valence-corrected chi connectivity index (χ3v) is 5.07. The number of hydrogen-bond acceptors (Lipinski definition) is 0. The Morgan fingerprint density at radius 2 is 1.12 bits per heavy atom. The third kappa shape index (κ3) is 20.0. The molecule has 1 fully saturated rings. The van der Waals surface area contributed by atoms with Gasteiger partial charge in [-0.05, 0) is 54.8 Å². The van der Waals surface area contributed by atoms with E-state index < -0.39 is 0 Å². The molecule has 1 saturated carbocycles. The minimum Gasteiger partial charge on any atom is -0.0683 e. The SMILES string of the molecule is CC.CC(C)C.CCC(C)C(C)C.CCC(CC)CC1CC(C)C1. The standard InChI is InChI=1S/C11H22.C7H16.C4H10.C2H6/c1-4-10(5-2)8-11-6-9(3)7-11;1-5-7(4)6(2)3;1-4(2)3;1-2/h9-11H,4-8H2,1-3H3;6-7H,5H2,1-4H3;4H,1-3H3;1-2H3. The monoisotopic (exact) mass is 342 g/mol. The van der Waals surface area contributed by atoms with Crippen molar-refractivity contribution in [2.24, 2.45) is 35.5 Å². The zero-order valence-corrected chi connectivity index (χ0v) is 19.7. The minimum atomic E-state index is 0.833. The van der Waals surface area contributed by atoms with Crippen molar-refractivity contribution in [3.8, 4) is 0 Å². The van der Waals surface area contributed by atoms with Crippen molar-refractivity contribution < 1.29 is 0 Å². The van der Waals surface area contributed by atoms with Crippen LogP contribution in [0.2, 0.25) is 0 Å². The molecule has 1 rings (SSSR count). The second-order valence-electron chi connectivity index (χ2n) is 8.72. The van der Waals surface area contributed by atoms with Gasteiger partial charge in [0.25, 0.3) is 0 Å². The molecule has 0 heterocycles. The van der Waals surface area contributed by atoms with E-state index in [4.69, 9.17) is 0 Å². The molecule has 0 aromatic heterocycles. The highest BCUT2D eigenvalue weighted by molar-refractivity contribution is 4.77. The average Bonchev–Trinajstić information content (AvgIpc) is 2.51. The summed E-state index contributed by atoms with van der Waals surface area (Å²) in [6.45, 7) is 26.6. The summed E-state index contributed by atoms with van der Waals surface area (Å²) in [6.07, 6.45) is 8.63. The third-order valence-electron chi connectivity index (χ3n) is 5.07. The largest absolute Gasteiger partial charge is 0.0683 e. The van der Waals surface area contributed by atoms with Crippen LogP contribution in [0.25, 0.3) is 0 Å². The predicted octanol–water partition coefficient (Wildman–Crippen LogP) is 9.24. The summed E-state index contributed by atoms with van der Waals surface area (Å²) in [5.41, 5.74) is 0. The Bertz CT molecular complexity index is 203. The maximum Gasteiger partial charge on any atom is -0.0407 e. The fraction of sp³-hybridized carbons (Fsp3) is 1.00. The van der Waals surface area contributed by atoms with Crippen LogP contribution in [0, 0.1) is 35.5 Å². The summed E-state index contributed by atoms with van der Waals surface area (Å²) < 4.78 is 0. The van der Waals surface area contributed by atoms with E-state index in [1.807, 2.05) is 13.8 Å². The Hall–Kier alpha value is 0. The van der Waals surface area contributed by atoms with Crippen LogP contribution >= 0.6 is 0 Å². The van der Waals surface area contributed by atoms with Crippen LogP contribution in [0.3, 0.4) is 0 Å². The lowest BCUT2D eigenvalue weighted by Gasteiger charge is -2.34. The van der Waals surface area contributed by atoms with Crippen molar-refractivity contribution in [3.05, 3.63) is 0 Å². The summed E-state index contributed by atoms with van der Waals surface area (Å²) in [6, 6.07) is 0. The highest BCUT2D eigenvalue weighted by Crippen LogP contribution is 2.38. The van der Waals surface area contributed by atoms with Gasteiger partial charge >= 0.3 is 0 Å². The van der Waals surface area contributed by atoms with Gasteiger partial charge in [-0.2, -0.15) is 0 Å². The van der Waals surface area contributed by atoms with Crippen molar-refractivity contribution >= 4 is 0 Å². The fourth-order valence-electron chi connectivity index (χ4n) is 2.83. The Morgan fingerprint density at radius 3 is 1.29 bits per heavy atom. The van der Waals surface area contributed by atoms with E-state index in [9.17, 15) is 0 Å². The lowest BCUT2D eigenvalue weighted by molar-refractivity contribution is 0.169. The van der Waals surface area contributed by atoms with E-state index in [1.165, 1.54) is 38.5 Å². The first-order chi connectivity index (χ1) is 11.2. The predicted molar refractivity (Wildman–Crippen MR) is 117 cm³/mol. The highest BCUT2D eigenvalue weighted by atomic mass is 14.3. The van der Waals surface area contributed by atoms with Crippen molar-refractivity contribution in [1.29, 1.82) is 0 Å². The average molecular weight is 343 g/mol. The maximum absolute atomic E-state index is 2.38. The van der Waals surface area contributed by atoms with Crippen molar-refractivity contribution in [3.63, 3.8) is 0 Å². The first-order valence-corrected chi connectivity index (χ1v) is 11.2. The van der Waals surface area contributed by atoms with Gasteiger partial charge in [0.15, 0.2) is 0 Å². The maximum atomic E-state index is 2.38. The van der Waals surface area contributed by atoms with E-state index >= 15 is 0 Å². The van der Waals surface area contributed by atoms with E-state index in [2.05, 4.69) is 69.2 Å². The summed E-state index contributed by atoms with van der Waals surface area (Å²) in [4.78, 5) is 0. The van der Waals surface area contributed by atoms with Crippen LogP contribution in [0.4, 0.5) is 0 Å².